The van der Waals surface area contributed by atoms with Crippen molar-refractivity contribution in [1.82, 2.24) is 20.2 Å². The van der Waals surface area contributed by atoms with Crippen LogP contribution in [-0.4, -0.2) is 58.4 Å². The molecule has 3 heterocycles. The molecular formula is C15H18FN5OS. The SMILES string of the molecule is C=CN1CCN(C(=S)N/N=C2/CCOc3c(F)ccnc32)CC1. The maximum Gasteiger partial charge on any atom is 0.189 e. The fraction of sp³-hybridized carbons (Fsp3) is 0.400. The first-order valence-electron chi connectivity index (χ1n) is 7.45. The molecule has 0 unspecified atom stereocenters. The third-order valence-corrected chi connectivity index (χ3v) is 4.21. The lowest BCUT2D eigenvalue weighted by Gasteiger charge is -2.35. The summed E-state index contributed by atoms with van der Waals surface area (Å²) in [5.41, 5.74) is 3.98. The summed E-state index contributed by atoms with van der Waals surface area (Å²) in [4.78, 5) is 8.36. The first kappa shape index (κ1) is 15.7. The van der Waals surface area contributed by atoms with Crippen molar-refractivity contribution in [3.05, 3.63) is 36.6 Å². The van der Waals surface area contributed by atoms with E-state index in [0.717, 1.165) is 26.2 Å². The smallest absolute Gasteiger partial charge is 0.189 e. The van der Waals surface area contributed by atoms with Gasteiger partial charge in [0.25, 0.3) is 0 Å². The molecule has 0 aromatic carbocycles. The van der Waals surface area contributed by atoms with E-state index in [9.17, 15) is 4.39 Å². The molecule has 0 atom stereocenters. The molecule has 0 radical (unpaired) electrons. The van der Waals surface area contributed by atoms with Gasteiger partial charge in [-0.25, -0.2) is 4.39 Å². The van der Waals surface area contributed by atoms with E-state index in [1.807, 2.05) is 6.20 Å². The minimum absolute atomic E-state index is 0.157. The highest BCUT2D eigenvalue weighted by Gasteiger charge is 2.22. The van der Waals surface area contributed by atoms with Crippen molar-refractivity contribution in [2.24, 2.45) is 5.10 Å². The van der Waals surface area contributed by atoms with Crippen molar-refractivity contribution in [3.63, 3.8) is 0 Å². The fourth-order valence-corrected chi connectivity index (χ4v) is 2.77. The monoisotopic (exact) mass is 335 g/mol. The number of ether oxygens (including phenoxy) is 1. The van der Waals surface area contributed by atoms with E-state index in [2.05, 4.69) is 31.9 Å². The van der Waals surface area contributed by atoms with Gasteiger partial charge in [0.2, 0.25) is 0 Å². The molecular weight excluding hydrogens is 317 g/mol. The van der Waals surface area contributed by atoms with Gasteiger partial charge in [0.1, 0.15) is 5.69 Å². The number of hydrogen-bond donors (Lipinski definition) is 1. The van der Waals surface area contributed by atoms with Gasteiger partial charge in [0, 0.05) is 38.8 Å². The van der Waals surface area contributed by atoms with Crippen LogP contribution in [0.25, 0.3) is 0 Å². The molecule has 23 heavy (non-hydrogen) atoms. The molecule has 1 fully saturated rings. The van der Waals surface area contributed by atoms with Gasteiger partial charge in [0.05, 0.1) is 12.3 Å². The Morgan fingerprint density at radius 2 is 2.22 bits per heavy atom. The second-order valence-corrected chi connectivity index (χ2v) is 5.64. The number of hydrogen-bond acceptors (Lipinski definition) is 5. The zero-order valence-electron chi connectivity index (χ0n) is 12.7. The van der Waals surface area contributed by atoms with Crippen LogP contribution in [0.4, 0.5) is 4.39 Å². The lowest BCUT2D eigenvalue weighted by Crippen LogP contribution is -2.49. The minimum Gasteiger partial charge on any atom is -0.488 e. The highest BCUT2D eigenvalue weighted by molar-refractivity contribution is 7.80. The first-order valence-corrected chi connectivity index (χ1v) is 7.85. The van der Waals surface area contributed by atoms with Crippen LogP contribution < -0.4 is 10.2 Å². The number of thiocarbonyl (C=S) groups is 1. The molecule has 3 rings (SSSR count). The van der Waals surface area contributed by atoms with Crippen molar-refractivity contribution in [3.8, 4) is 5.75 Å². The zero-order chi connectivity index (χ0) is 16.2. The Bertz CT molecular complexity index is 643. The van der Waals surface area contributed by atoms with Crippen LogP contribution in [0, 0.1) is 5.82 Å². The number of nitrogens with zero attached hydrogens (tertiary/aromatic N) is 4. The van der Waals surface area contributed by atoms with Crippen molar-refractivity contribution in [2.45, 2.75) is 6.42 Å². The summed E-state index contributed by atoms with van der Waals surface area (Å²) >= 11 is 5.38. The standard InChI is InChI=1S/C15H18FN5OS/c1-2-20-6-8-21(9-7-20)15(23)19-18-12-4-10-22-14-11(16)3-5-17-13(12)14/h2-3,5H,1,4,6-10H2,(H,19,23)/b18-12-. The summed E-state index contributed by atoms with van der Waals surface area (Å²) in [5.74, 6) is -0.268. The number of aromatic nitrogens is 1. The Hall–Kier alpha value is -2.22. The number of pyridine rings is 1. The van der Waals surface area contributed by atoms with Crippen molar-refractivity contribution in [2.75, 3.05) is 32.8 Å². The van der Waals surface area contributed by atoms with Crippen LogP contribution in [0.2, 0.25) is 0 Å². The van der Waals surface area contributed by atoms with Crippen molar-refractivity contribution in [1.29, 1.82) is 0 Å². The molecule has 0 saturated carbocycles. The molecule has 122 valence electrons. The van der Waals surface area contributed by atoms with Gasteiger partial charge in [-0.2, -0.15) is 5.10 Å². The molecule has 1 aromatic heterocycles. The van der Waals surface area contributed by atoms with Gasteiger partial charge >= 0.3 is 0 Å². The summed E-state index contributed by atoms with van der Waals surface area (Å²) < 4.78 is 19.0. The molecule has 0 spiro atoms. The summed E-state index contributed by atoms with van der Waals surface area (Å²) in [6.45, 7) is 7.53. The first-order chi connectivity index (χ1) is 11.2. The fourth-order valence-electron chi connectivity index (χ4n) is 2.54. The highest BCUT2D eigenvalue weighted by atomic mass is 32.1. The number of rotatable bonds is 2. The average molecular weight is 335 g/mol. The molecule has 1 aromatic rings. The van der Waals surface area contributed by atoms with E-state index >= 15 is 0 Å². The molecule has 2 aliphatic rings. The van der Waals surface area contributed by atoms with Crippen LogP contribution in [0.3, 0.4) is 0 Å². The lowest BCUT2D eigenvalue weighted by atomic mass is 10.1. The molecule has 1 N–H and O–H groups in total. The van der Waals surface area contributed by atoms with Crippen LogP contribution in [0.15, 0.2) is 30.1 Å². The number of fused-ring (bicyclic) bond motifs is 1. The predicted molar refractivity (Wildman–Crippen MR) is 89.9 cm³/mol. The maximum atomic E-state index is 13.7. The largest absolute Gasteiger partial charge is 0.488 e. The zero-order valence-corrected chi connectivity index (χ0v) is 13.5. The van der Waals surface area contributed by atoms with Crippen molar-refractivity contribution >= 4 is 23.0 Å². The lowest BCUT2D eigenvalue weighted by molar-refractivity contribution is 0.236. The van der Waals surface area contributed by atoms with E-state index in [0.29, 0.717) is 29.5 Å². The number of hydrazone groups is 1. The van der Waals surface area contributed by atoms with E-state index in [1.54, 1.807) is 0 Å². The van der Waals surface area contributed by atoms with E-state index < -0.39 is 5.82 Å². The maximum absolute atomic E-state index is 13.7. The summed E-state index contributed by atoms with van der Waals surface area (Å²) in [7, 11) is 0. The van der Waals surface area contributed by atoms with Gasteiger partial charge in [0.15, 0.2) is 16.7 Å². The molecule has 0 amide bonds. The third-order valence-electron chi connectivity index (χ3n) is 3.86. The average Bonchev–Trinajstić information content (AvgIpc) is 2.60. The molecule has 1 saturated heterocycles. The van der Waals surface area contributed by atoms with E-state index in [4.69, 9.17) is 17.0 Å². The number of piperazine rings is 1. The van der Waals surface area contributed by atoms with E-state index in [-0.39, 0.29) is 5.75 Å². The van der Waals surface area contributed by atoms with Gasteiger partial charge in [-0.1, -0.05) is 6.58 Å². The highest BCUT2D eigenvalue weighted by Crippen LogP contribution is 2.25. The topological polar surface area (TPSA) is 53.0 Å². The predicted octanol–water partition coefficient (Wildman–Crippen LogP) is 1.34. The Morgan fingerprint density at radius 3 is 2.96 bits per heavy atom. The summed E-state index contributed by atoms with van der Waals surface area (Å²) in [6.07, 6.45) is 3.81. The Morgan fingerprint density at radius 1 is 1.43 bits per heavy atom. The quantitative estimate of drug-likeness (QED) is 0.650. The number of halogens is 1. The van der Waals surface area contributed by atoms with E-state index in [1.165, 1.54) is 12.3 Å². The summed E-state index contributed by atoms with van der Waals surface area (Å²) in [5, 5.41) is 4.88. The van der Waals surface area contributed by atoms with Crippen molar-refractivity contribution < 1.29 is 9.13 Å². The normalized spacial score (nSPS) is 19.1. The van der Waals surface area contributed by atoms with Gasteiger partial charge in [-0.05, 0) is 24.5 Å². The second kappa shape index (κ2) is 6.91. The summed E-state index contributed by atoms with van der Waals surface area (Å²) in [6, 6.07) is 1.28. The van der Waals surface area contributed by atoms with Crippen LogP contribution in [-0.2, 0) is 0 Å². The molecule has 0 bridgehead atoms. The Balaban J connectivity index is 1.66. The molecule has 2 aliphatic heterocycles. The Kier molecular flexibility index (Phi) is 4.71. The Labute approximate surface area is 139 Å². The minimum atomic E-state index is -0.425. The van der Waals surface area contributed by atoms with Crippen LogP contribution in [0.5, 0.6) is 5.75 Å². The molecule has 6 nitrogen and oxygen atoms in total. The van der Waals surface area contributed by atoms with Crippen LogP contribution in [0.1, 0.15) is 12.1 Å². The molecule has 8 heteroatoms. The second-order valence-electron chi connectivity index (χ2n) is 5.25. The molecule has 0 aliphatic carbocycles. The third kappa shape index (κ3) is 3.42. The number of nitrogens with one attached hydrogen (secondary N) is 1. The van der Waals surface area contributed by atoms with Gasteiger partial charge in [-0.15, -0.1) is 0 Å². The van der Waals surface area contributed by atoms with Crippen LogP contribution >= 0.6 is 12.2 Å². The van der Waals surface area contributed by atoms with Gasteiger partial charge in [-0.3, -0.25) is 10.4 Å². The van der Waals surface area contributed by atoms with Gasteiger partial charge < -0.3 is 14.5 Å².